The molecule has 0 N–H and O–H groups in total. The highest BCUT2D eigenvalue weighted by Gasteiger charge is 2.13. The predicted molar refractivity (Wildman–Crippen MR) is 100 cm³/mol. The van der Waals surface area contributed by atoms with Crippen molar-refractivity contribution in [2.45, 2.75) is 10.8 Å². The number of para-hydroxylation sites is 1. The number of aromatic nitrogens is 5. The molecule has 0 saturated carbocycles. The van der Waals surface area contributed by atoms with Gasteiger partial charge in [0.05, 0.1) is 15.7 Å². The molecule has 0 amide bonds. The van der Waals surface area contributed by atoms with Crippen molar-refractivity contribution in [2.24, 2.45) is 0 Å². The molecule has 4 rings (SSSR count). The van der Waals surface area contributed by atoms with Crippen LogP contribution in [0.1, 0.15) is 5.56 Å². The summed E-state index contributed by atoms with van der Waals surface area (Å²) < 4.78 is 1.71. The maximum absolute atomic E-state index is 6.07. The lowest BCUT2D eigenvalue weighted by molar-refractivity contribution is 0.817. The molecule has 8 heteroatoms. The Morgan fingerprint density at radius 3 is 2.60 bits per heavy atom. The molecule has 0 saturated heterocycles. The zero-order valence-corrected chi connectivity index (χ0v) is 15.1. The largest absolute Gasteiger partial charge is 0.227 e. The molecule has 5 nitrogen and oxygen atoms in total. The van der Waals surface area contributed by atoms with Gasteiger partial charge in [0.15, 0.2) is 11.2 Å². The van der Waals surface area contributed by atoms with Crippen molar-refractivity contribution in [3.05, 3.63) is 70.5 Å². The zero-order valence-electron chi connectivity index (χ0n) is 12.8. The summed E-state index contributed by atoms with van der Waals surface area (Å²) in [4.78, 5) is 8.68. The molecule has 0 fully saturated rings. The quantitative estimate of drug-likeness (QED) is 0.371. The average molecular weight is 388 g/mol. The lowest BCUT2D eigenvalue weighted by atomic mass is 10.2. The second kappa shape index (κ2) is 7.00. The van der Waals surface area contributed by atoms with Crippen LogP contribution in [0.3, 0.4) is 0 Å². The third-order valence-corrected chi connectivity index (χ3v) is 5.35. The first-order valence-electron chi connectivity index (χ1n) is 7.41. The highest BCUT2D eigenvalue weighted by Crippen LogP contribution is 2.29. The molecule has 0 atom stereocenters. The minimum atomic E-state index is 0.544. The molecule has 0 unspecified atom stereocenters. The van der Waals surface area contributed by atoms with Crippen LogP contribution in [0.5, 0.6) is 0 Å². The molecule has 2 aromatic heterocycles. The summed E-state index contributed by atoms with van der Waals surface area (Å²) in [7, 11) is 0. The lowest BCUT2D eigenvalue weighted by Crippen LogP contribution is -1.97. The van der Waals surface area contributed by atoms with Crippen LogP contribution in [-0.2, 0) is 5.75 Å². The van der Waals surface area contributed by atoms with Crippen molar-refractivity contribution in [1.82, 2.24) is 25.0 Å². The Labute approximate surface area is 158 Å². The van der Waals surface area contributed by atoms with E-state index in [1.165, 1.54) is 6.33 Å². The fraction of sp³-hybridized carbons (Fsp3) is 0.0588. The Morgan fingerprint density at radius 1 is 0.960 bits per heavy atom. The number of benzene rings is 2. The molecule has 0 bridgehead atoms. The van der Waals surface area contributed by atoms with E-state index < -0.39 is 0 Å². The number of hydrogen-bond donors (Lipinski definition) is 0. The summed E-state index contributed by atoms with van der Waals surface area (Å²) in [6, 6.07) is 15.4. The number of nitrogens with zero attached hydrogens (tertiary/aromatic N) is 5. The third kappa shape index (κ3) is 3.33. The predicted octanol–water partition coefficient (Wildman–Crippen LogP) is 4.81. The van der Waals surface area contributed by atoms with Gasteiger partial charge >= 0.3 is 0 Å². The van der Waals surface area contributed by atoms with Crippen LogP contribution in [-0.4, -0.2) is 25.0 Å². The number of thioether (sulfide) groups is 1. The molecule has 4 aromatic rings. The summed E-state index contributed by atoms with van der Waals surface area (Å²) in [6.07, 6.45) is 1.53. The van der Waals surface area contributed by atoms with Gasteiger partial charge in [-0.05, 0) is 29.8 Å². The van der Waals surface area contributed by atoms with Crippen molar-refractivity contribution in [3.8, 4) is 5.69 Å². The number of hydrogen-bond acceptors (Lipinski definition) is 5. The molecule has 0 aliphatic heterocycles. The van der Waals surface area contributed by atoms with Crippen LogP contribution in [0.2, 0.25) is 10.0 Å². The van der Waals surface area contributed by atoms with Crippen LogP contribution in [0.15, 0.2) is 59.9 Å². The smallest absolute Gasteiger partial charge is 0.187 e. The molecule has 0 spiro atoms. The second-order valence-corrected chi connectivity index (χ2v) is 7.00. The van der Waals surface area contributed by atoms with E-state index in [1.807, 2.05) is 42.5 Å². The molecule has 0 radical (unpaired) electrons. The van der Waals surface area contributed by atoms with Crippen molar-refractivity contribution in [3.63, 3.8) is 0 Å². The van der Waals surface area contributed by atoms with Crippen molar-refractivity contribution < 1.29 is 0 Å². The molecule has 25 heavy (non-hydrogen) atoms. The summed E-state index contributed by atoms with van der Waals surface area (Å²) in [5.74, 6) is 0.696. The monoisotopic (exact) mass is 387 g/mol. The van der Waals surface area contributed by atoms with E-state index in [9.17, 15) is 0 Å². The third-order valence-electron chi connectivity index (χ3n) is 3.56. The fourth-order valence-corrected chi connectivity index (χ4v) is 3.55. The summed E-state index contributed by atoms with van der Waals surface area (Å²) in [5, 5.41) is 10.3. The molecular weight excluding hydrogens is 377 g/mol. The first-order chi connectivity index (χ1) is 12.2. The topological polar surface area (TPSA) is 56.5 Å². The van der Waals surface area contributed by atoms with Crippen molar-refractivity contribution in [1.29, 1.82) is 0 Å². The van der Waals surface area contributed by atoms with E-state index in [-0.39, 0.29) is 0 Å². The Kier molecular flexibility index (Phi) is 4.57. The first kappa shape index (κ1) is 16.3. The van der Waals surface area contributed by atoms with Gasteiger partial charge in [-0.15, -0.1) is 5.10 Å². The van der Waals surface area contributed by atoms with Crippen LogP contribution < -0.4 is 0 Å². The normalized spacial score (nSPS) is 11.1. The van der Waals surface area contributed by atoms with Gasteiger partial charge in [0, 0.05) is 5.75 Å². The number of rotatable bonds is 4. The fourth-order valence-electron chi connectivity index (χ4n) is 2.36. The number of halogens is 2. The Hall–Kier alpha value is -2.15. The molecule has 0 aliphatic rings. The molecular formula is C17H11Cl2N5S. The summed E-state index contributed by atoms with van der Waals surface area (Å²) in [5.41, 5.74) is 3.32. The standard InChI is InChI=1S/C17H11Cl2N5S/c18-13-7-6-11(8-14(13)19)9-25-17-15-16(20-10-21-17)24(23-22-15)12-4-2-1-3-5-12/h1-8,10H,9H2. The Balaban J connectivity index is 1.64. The van der Waals surface area contributed by atoms with Gasteiger partial charge < -0.3 is 0 Å². The van der Waals surface area contributed by atoms with Crippen molar-refractivity contribution >= 4 is 46.1 Å². The van der Waals surface area contributed by atoms with Crippen molar-refractivity contribution in [2.75, 3.05) is 0 Å². The van der Waals surface area contributed by atoms with Gasteiger partial charge in [-0.1, -0.05) is 64.4 Å². The number of fused-ring (bicyclic) bond motifs is 1. The average Bonchev–Trinajstić information content (AvgIpc) is 3.08. The van der Waals surface area contributed by atoms with Crippen LogP contribution >= 0.6 is 35.0 Å². The van der Waals surface area contributed by atoms with Gasteiger partial charge in [-0.2, -0.15) is 4.68 Å². The van der Waals surface area contributed by atoms with E-state index in [0.717, 1.165) is 16.3 Å². The summed E-state index contributed by atoms with van der Waals surface area (Å²) >= 11 is 13.6. The minimum absolute atomic E-state index is 0.544. The second-order valence-electron chi connectivity index (χ2n) is 5.22. The Bertz CT molecular complexity index is 1040. The van der Waals surface area contributed by atoms with E-state index in [1.54, 1.807) is 22.5 Å². The highest BCUT2D eigenvalue weighted by molar-refractivity contribution is 7.98. The highest BCUT2D eigenvalue weighted by atomic mass is 35.5. The van der Waals surface area contributed by atoms with Gasteiger partial charge in [0.25, 0.3) is 0 Å². The van der Waals surface area contributed by atoms with Crippen LogP contribution in [0.4, 0.5) is 0 Å². The molecule has 2 heterocycles. The van der Waals surface area contributed by atoms with E-state index in [2.05, 4.69) is 20.3 Å². The zero-order chi connectivity index (χ0) is 17.2. The van der Waals surface area contributed by atoms with Gasteiger partial charge in [-0.3, -0.25) is 0 Å². The van der Waals surface area contributed by atoms with E-state index in [4.69, 9.17) is 23.2 Å². The van der Waals surface area contributed by atoms with E-state index in [0.29, 0.717) is 27.0 Å². The Morgan fingerprint density at radius 2 is 1.80 bits per heavy atom. The lowest BCUT2D eigenvalue weighted by Gasteiger charge is -2.04. The van der Waals surface area contributed by atoms with Crippen LogP contribution in [0.25, 0.3) is 16.9 Å². The molecule has 124 valence electrons. The van der Waals surface area contributed by atoms with E-state index >= 15 is 0 Å². The van der Waals surface area contributed by atoms with Gasteiger partial charge in [0.1, 0.15) is 11.4 Å². The summed E-state index contributed by atoms with van der Waals surface area (Å²) in [6.45, 7) is 0. The van der Waals surface area contributed by atoms with Gasteiger partial charge in [0.2, 0.25) is 0 Å². The van der Waals surface area contributed by atoms with Crippen LogP contribution in [0, 0.1) is 0 Å². The van der Waals surface area contributed by atoms with Gasteiger partial charge in [-0.25, -0.2) is 9.97 Å². The first-order valence-corrected chi connectivity index (χ1v) is 9.15. The SMILES string of the molecule is Clc1ccc(CSc2ncnc3c2nnn3-c2ccccc2)cc1Cl. The molecule has 0 aliphatic carbocycles. The maximum Gasteiger partial charge on any atom is 0.187 e. The molecule has 2 aromatic carbocycles. The minimum Gasteiger partial charge on any atom is -0.227 e. The maximum atomic E-state index is 6.07.